The zero-order valence-electron chi connectivity index (χ0n) is 15.6. The average molecular weight is 407 g/mol. The number of carbonyl (C=O) groups excluding carboxylic acids is 1. The molecule has 3 aromatic carbocycles. The molecular weight excluding hydrogens is 389 g/mol. The molecule has 1 unspecified atom stereocenters. The number of hydrogen-bond donors (Lipinski definition) is 1. The fourth-order valence-electron chi connectivity index (χ4n) is 3.16. The average Bonchev–Trinajstić information content (AvgIpc) is 3.20. The molecule has 0 aliphatic rings. The van der Waals surface area contributed by atoms with Gasteiger partial charge in [-0.1, -0.05) is 60.3 Å². The number of amides is 1. The maximum Gasteiger partial charge on any atom is 0.230 e. The summed E-state index contributed by atoms with van der Waals surface area (Å²) in [7, 11) is 0. The molecule has 0 bridgehead atoms. The van der Waals surface area contributed by atoms with Crippen LogP contribution in [0, 0.1) is 5.82 Å². The van der Waals surface area contributed by atoms with E-state index in [4.69, 9.17) is 0 Å². The van der Waals surface area contributed by atoms with Crippen LogP contribution < -0.4 is 5.32 Å². The number of thioether (sulfide) groups is 1. The highest BCUT2D eigenvalue weighted by molar-refractivity contribution is 7.99. The fraction of sp³-hybridized carbons (Fsp3) is 0.143. The van der Waals surface area contributed by atoms with Crippen LogP contribution in [0.3, 0.4) is 0 Å². The molecule has 1 N–H and O–H groups in total. The molecule has 0 saturated carbocycles. The van der Waals surface area contributed by atoms with Gasteiger partial charge < -0.3 is 5.32 Å². The number of carbonyl (C=O) groups is 1. The van der Waals surface area contributed by atoms with Crippen molar-refractivity contribution in [3.8, 4) is 5.69 Å². The van der Waals surface area contributed by atoms with E-state index in [-0.39, 0.29) is 23.5 Å². The molecule has 0 fully saturated rings. The number of fused-ring (bicyclic) bond motifs is 1. The van der Waals surface area contributed by atoms with Crippen LogP contribution in [0.25, 0.3) is 16.5 Å². The first-order chi connectivity index (χ1) is 14.1. The Morgan fingerprint density at radius 2 is 1.93 bits per heavy atom. The molecule has 4 aromatic rings. The first kappa shape index (κ1) is 19.1. The first-order valence-corrected chi connectivity index (χ1v) is 10.0. The van der Waals surface area contributed by atoms with Gasteiger partial charge in [0, 0.05) is 0 Å². The normalized spacial score (nSPS) is 12.1. The van der Waals surface area contributed by atoms with E-state index >= 15 is 0 Å². The topological polar surface area (TPSA) is 72.7 Å². The van der Waals surface area contributed by atoms with Crippen LogP contribution in [0.2, 0.25) is 0 Å². The third-order valence-electron chi connectivity index (χ3n) is 4.49. The standard InChI is InChI=1S/C21H18FN5OS/c1-14(18-11-4-7-15-6-2-3-10-19(15)18)23-20(28)13-29-21-24-25-26-27(21)17-9-5-8-16(22)12-17/h2-12,14H,13H2,1H3,(H,23,28). The van der Waals surface area contributed by atoms with Crippen LogP contribution in [0.15, 0.2) is 71.9 Å². The molecule has 1 aromatic heterocycles. The van der Waals surface area contributed by atoms with Crippen molar-refractivity contribution in [1.82, 2.24) is 25.5 Å². The fourth-order valence-corrected chi connectivity index (χ4v) is 3.86. The lowest BCUT2D eigenvalue weighted by molar-refractivity contribution is -0.119. The summed E-state index contributed by atoms with van der Waals surface area (Å²) >= 11 is 1.20. The Labute approximate surface area is 171 Å². The lowest BCUT2D eigenvalue weighted by atomic mass is 10.00. The van der Waals surface area contributed by atoms with Crippen molar-refractivity contribution < 1.29 is 9.18 Å². The summed E-state index contributed by atoms with van der Waals surface area (Å²) in [6, 6.07) is 20.0. The van der Waals surface area contributed by atoms with Crippen LogP contribution >= 0.6 is 11.8 Å². The molecule has 1 heterocycles. The molecule has 29 heavy (non-hydrogen) atoms. The number of halogens is 1. The Morgan fingerprint density at radius 3 is 2.79 bits per heavy atom. The minimum atomic E-state index is -0.379. The van der Waals surface area contributed by atoms with Crippen LogP contribution in [0.1, 0.15) is 18.5 Å². The number of rotatable bonds is 6. The maximum atomic E-state index is 13.5. The van der Waals surface area contributed by atoms with Crippen molar-refractivity contribution in [2.45, 2.75) is 18.1 Å². The van der Waals surface area contributed by atoms with E-state index in [2.05, 4.69) is 39.0 Å². The minimum Gasteiger partial charge on any atom is -0.349 e. The summed E-state index contributed by atoms with van der Waals surface area (Å²) in [6.07, 6.45) is 0. The van der Waals surface area contributed by atoms with Crippen molar-refractivity contribution in [2.24, 2.45) is 0 Å². The molecule has 1 amide bonds. The smallest absolute Gasteiger partial charge is 0.230 e. The highest BCUT2D eigenvalue weighted by atomic mass is 32.2. The van der Waals surface area contributed by atoms with Crippen molar-refractivity contribution in [1.29, 1.82) is 0 Å². The zero-order chi connectivity index (χ0) is 20.2. The Kier molecular flexibility index (Phi) is 5.53. The number of nitrogens with one attached hydrogen (secondary N) is 1. The van der Waals surface area contributed by atoms with E-state index in [1.165, 1.54) is 28.6 Å². The third kappa shape index (κ3) is 4.27. The Morgan fingerprint density at radius 1 is 1.14 bits per heavy atom. The molecule has 0 spiro atoms. The minimum absolute atomic E-state index is 0.135. The molecule has 8 heteroatoms. The first-order valence-electron chi connectivity index (χ1n) is 9.06. The SMILES string of the molecule is CC(NC(=O)CSc1nnnn1-c1cccc(F)c1)c1cccc2ccccc12. The summed E-state index contributed by atoms with van der Waals surface area (Å²) in [5.41, 5.74) is 1.56. The van der Waals surface area contributed by atoms with E-state index in [0.29, 0.717) is 10.8 Å². The van der Waals surface area contributed by atoms with Gasteiger partial charge in [0.2, 0.25) is 11.1 Å². The predicted molar refractivity (Wildman–Crippen MR) is 110 cm³/mol. The van der Waals surface area contributed by atoms with Gasteiger partial charge in [0.25, 0.3) is 0 Å². The molecule has 6 nitrogen and oxygen atoms in total. The van der Waals surface area contributed by atoms with Crippen LogP contribution in [0.5, 0.6) is 0 Å². The molecule has 0 saturated heterocycles. The molecule has 0 aliphatic heterocycles. The second kappa shape index (κ2) is 8.40. The summed E-state index contributed by atoms with van der Waals surface area (Å²) in [4.78, 5) is 12.5. The van der Waals surface area contributed by atoms with Crippen LogP contribution in [-0.4, -0.2) is 31.9 Å². The van der Waals surface area contributed by atoms with Crippen molar-refractivity contribution in [2.75, 3.05) is 5.75 Å². The molecule has 0 aliphatic carbocycles. The van der Waals surface area contributed by atoms with Gasteiger partial charge in [-0.3, -0.25) is 4.79 Å². The lowest BCUT2D eigenvalue weighted by Gasteiger charge is -2.16. The van der Waals surface area contributed by atoms with Crippen molar-refractivity contribution in [3.63, 3.8) is 0 Å². The maximum absolute atomic E-state index is 13.5. The number of hydrogen-bond acceptors (Lipinski definition) is 5. The summed E-state index contributed by atoms with van der Waals surface area (Å²) in [6.45, 7) is 1.96. The number of tetrazole rings is 1. The molecule has 4 rings (SSSR count). The van der Waals surface area contributed by atoms with Crippen molar-refractivity contribution in [3.05, 3.63) is 78.1 Å². The van der Waals surface area contributed by atoms with E-state index < -0.39 is 0 Å². The van der Waals surface area contributed by atoms with E-state index in [9.17, 15) is 9.18 Å². The van der Waals surface area contributed by atoms with E-state index in [0.717, 1.165) is 16.3 Å². The summed E-state index contributed by atoms with van der Waals surface area (Å²) < 4.78 is 14.9. The summed E-state index contributed by atoms with van der Waals surface area (Å²) in [5.74, 6) is -0.370. The van der Waals surface area contributed by atoms with Crippen LogP contribution in [-0.2, 0) is 4.79 Å². The molecule has 0 radical (unpaired) electrons. The third-order valence-corrected chi connectivity index (χ3v) is 5.41. The van der Waals surface area contributed by atoms with Gasteiger partial charge in [0.05, 0.1) is 17.5 Å². The quantitative estimate of drug-likeness (QED) is 0.491. The Bertz CT molecular complexity index is 1160. The second-order valence-electron chi connectivity index (χ2n) is 6.50. The zero-order valence-corrected chi connectivity index (χ0v) is 16.4. The van der Waals surface area contributed by atoms with Gasteiger partial charge in [-0.15, -0.1) is 5.10 Å². The Hall–Kier alpha value is -3.26. The van der Waals surface area contributed by atoms with Crippen LogP contribution in [0.4, 0.5) is 4.39 Å². The largest absolute Gasteiger partial charge is 0.349 e. The van der Waals surface area contributed by atoms with Gasteiger partial charge >= 0.3 is 0 Å². The van der Waals surface area contributed by atoms with Gasteiger partial charge in [0.1, 0.15) is 5.82 Å². The highest BCUT2D eigenvalue weighted by Gasteiger charge is 2.15. The number of aromatic nitrogens is 4. The van der Waals surface area contributed by atoms with Crippen molar-refractivity contribution >= 4 is 28.4 Å². The Balaban J connectivity index is 1.43. The number of nitrogens with zero attached hydrogens (tertiary/aromatic N) is 4. The second-order valence-corrected chi connectivity index (χ2v) is 7.44. The molecule has 1 atom stereocenters. The van der Waals surface area contributed by atoms with Gasteiger partial charge in [0.15, 0.2) is 0 Å². The molecule has 146 valence electrons. The number of benzene rings is 3. The van der Waals surface area contributed by atoms with E-state index in [1.807, 2.05) is 31.2 Å². The van der Waals surface area contributed by atoms with E-state index in [1.54, 1.807) is 12.1 Å². The lowest BCUT2D eigenvalue weighted by Crippen LogP contribution is -2.28. The monoisotopic (exact) mass is 407 g/mol. The predicted octanol–water partition coefficient (Wildman–Crippen LogP) is 3.92. The molecular formula is C21H18FN5OS. The van der Waals surface area contributed by atoms with Gasteiger partial charge in [-0.05, 0) is 51.9 Å². The van der Waals surface area contributed by atoms with Gasteiger partial charge in [-0.25, -0.2) is 4.39 Å². The van der Waals surface area contributed by atoms with Gasteiger partial charge in [-0.2, -0.15) is 4.68 Å². The summed E-state index contributed by atoms with van der Waals surface area (Å²) in [5, 5.41) is 17.1. The highest BCUT2D eigenvalue weighted by Crippen LogP contribution is 2.24.